The van der Waals surface area contributed by atoms with Crippen LogP contribution in [-0.2, 0) is 4.33 Å². The van der Waals surface area contributed by atoms with E-state index in [-0.39, 0.29) is 91.0 Å². The lowest BCUT2D eigenvalue weighted by atomic mass is 10.1. The molecular weight excluding hydrogens is 851 g/mol. The molecule has 0 amide bonds. The average molecular weight is 874 g/mol. The van der Waals surface area contributed by atoms with Gasteiger partial charge in [0.1, 0.15) is 11.6 Å². The highest BCUT2D eigenvalue weighted by Crippen LogP contribution is 2.37. The Morgan fingerprint density at radius 2 is 1.29 bits per heavy atom. The van der Waals surface area contributed by atoms with Crippen LogP contribution in [0, 0.1) is 31.8 Å². The van der Waals surface area contributed by atoms with Crippen LogP contribution in [0.25, 0.3) is 28.1 Å². The summed E-state index contributed by atoms with van der Waals surface area (Å²) in [5.74, 6) is -5.62. The molecule has 0 saturated heterocycles. The molecule has 314 valence electrons. The molecule has 0 aliphatic carbocycles. The van der Waals surface area contributed by atoms with Gasteiger partial charge < -0.3 is 31.9 Å². The first kappa shape index (κ1) is 41.7. The summed E-state index contributed by atoms with van der Waals surface area (Å²) in [7, 11) is 0. The number of carboxylic acids is 3. The molecule has 5 aromatic heterocycles. The number of benzene rings is 2. The highest BCUT2D eigenvalue weighted by atomic mass is 32.2. The molecule has 0 aliphatic rings. The van der Waals surface area contributed by atoms with Crippen LogP contribution in [-0.4, -0.2) is 97.7 Å². The first-order chi connectivity index (χ1) is 30.1. The fraction of sp³-hybridized carbons (Fsp3) is 0.0588. The fourth-order valence-corrected chi connectivity index (χ4v) is 6.20. The van der Waals surface area contributed by atoms with Gasteiger partial charge in [0.25, 0.3) is 17.6 Å². The maximum absolute atomic E-state index is 11.8. The average Bonchev–Trinajstić information content (AvgIpc) is 4.01. The van der Waals surface area contributed by atoms with E-state index in [1.54, 1.807) is 0 Å². The fourth-order valence-electron chi connectivity index (χ4n) is 5.71. The van der Waals surface area contributed by atoms with E-state index in [1.807, 2.05) is 6.07 Å². The standard InChI is InChI=1S/C34H23N19O9S/c1-13-23(44-46-27-15(10-35)11-39-50(27)17-5-7-19(30(56)57)22(9-17)63-62-61)25(36)52(48-13)32-41-33(43-34(60)42-32)53-26(37)24(14(2)49-53)45-47-28-21(38-3)12-40-51(28)16-4-6-18(29(54)55)20(8-16)31(58)59/h4-9,11-12,61H,36-37H2,1-2H3,(H,54,55)(H,56,57)(H,58,59)(H,41,42,43,60). The Balaban J connectivity index is 1.21. The van der Waals surface area contributed by atoms with E-state index >= 15 is 0 Å². The monoisotopic (exact) mass is 873 g/mol. The molecule has 0 aliphatic heterocycles. The molecule has 0 radical (unpaired) electrons. The van der Waals surface area contributed by atoms with Gasteiger partial charge in [-0.05, 0) is 50.2 Å². The van der Waals surface area contributed by atoms with E-state index in [2.05, 4.69) is 65.0 Å². The third kappa shape index (κ3) is 7.76. The number of hydrogen-bond acceptors (Lipinski definition) is 21. The zero-order valence-corrected chi connectivity index (χ0v) is 32.5. The molecule has 5 heterocycles. The predicted octanol–water partition coefficient (Wildman–Crippen LogP) is 4.95. The van der Waals surface area contributed by atoms with Crippen LogP contribution in [0.5, 0.6) is 6.01 Å². The lowest BCUT2D eigenvalue weighted by molar-refractivity contribution is -0.116. The van der Waals surface area contributed by atoms with Crippen LogP contribution in [0.1, 0.15) is 48.0 Å². The van der Waals surface area contributed by atoms with Gasteiger partial charge in [0.05, 0.1) is 75.4 Å². The Kier molecular flexibility index (Phi) is 11.0. The zero-order valence-electron chi connectivity index (χ0n) is 31.7. The third-order valence-electron chi connectivity index (χ3n) is 8.58. The van der Waals surface area contributed by atoms with Gasteiger partial charge in [-0.3, -0.25) is 0 Å². The lowest BCUT2D eigenvalue weighted by Gasteiger charge is -2.08. The van der Waals surface area contributed by atoms with Crippen LogP contribution in [0.4, 0.5) is 40.3 Å². The Hall–Kier alpha value is -9.45. The first-order valence-corrected chi connectivity index (χ1v) is 17.8. The first-order valence-electron chi connectivity index (χ1n) is 17.1. The number of nitrogens with zero attached hydrogens (tertiary/aromatic N) is 17. The molecule has 29 heteroatoms. The topological polar surface area (TPSA) is 401 Å². The van der Waals surface area contributed by atoms with Gasteiger partial charge in [-0.2, -0.15) is 54.3 Å². The summed E-state index contributed by atoms with van der Waals surface area (Å²) >= 11 is 0.373. The molecule has 0 fully saturated rings. The molecule has 0 atom stereocenters. The number of carbonyl (C=O) groups is 3. The number of hydrogen-bond donors (Lipinski definition) is 7. The van der Waals surface area contributed by atoms with E-state index in [0.29, 0.717) is 12.0 Å². The minimum Gasteiger partial charge on any atom is -0.479 e. The van der Waals surface area contributed by atoms with E-state index in [1.165, 1.54) is 49.0 Å². The Morgan fingerprint density at radius 1 is 0.762 bits per heavy atom. The predicted molar refractivity (Wildman–Crippen MR) is 211 cm³/mol. The second-order valence-corrected chi connectivity index (χ2v) is 13.1. The van der Waals surface area contributed by atoms with Crippen LogP contribution in [0.2, 0.25) is 0 Å². The summed E-state index contributed by atoms with van der Waals surface area (Å²) < 4.78 is 8.32. The number of aromatic hydroxyl groups is 1. The van der Waals surface area contributed by atoms with Crippen LogP contribution >= 0.6 is 12.0 Å². The minimum atomic E-state index is -1.51. The quantitative estimate of drug-likeness (QED) is 0.0265. The van der Waals surface area contributed by atoms with Gasteiger partial charge in [-0.1, -0.05) is 0 Å². The largest absolute Gasteiger partial charge is 0.479 e. The number of azo groups is 2. The van der Waals surface area contributed by atoms with Crippen molar-refractivity contribution in [3.05, 3.63) is 93.9 Å². The number of nitriles is 1. The third-order valence-corrected chi connectivity index (χ3v) is 9.17. The van der Waals surface area contributed by atoms with E-state index < -0.39 is 35.0 Å². The summed E-state index contributed by atoms with van der Waals surface area (Å²) in [6.07, 6.45) is 2.34. The SMILES string of the molecule is [C-]#[N+]c1cnn(-c2ccc(C(=O)O)c(C(=O)O)c2)c1N=Nc1c(C)nn(-c2nc(O)nc(-n3nc(C)c(N=Nc4c(C#N)cnn4-c4ccc(C(=O)O)c(SOO)c4)c3N)n2)c1N. The number of nitrogens with two attached hydrogens (primary N) is 2. The van der Waals surface area contributed by atoms with Crippen molar-refractivity contribution in [3.63, 3.8) is 0 Å². The number of nitrogen functional groups attached to an aromatic ring is 2. The molecule has 0 spiro atoms. The second-order valence-electron chi connectivity index (χ2n) is 12.4. The molecule has 7 aromatic rings. The summed E-state index contributed by atoms with van der Waals surface area (Å²) in [5, 5.41) is 91.4. The van der Waals surface area contributed by atoms with Gasteiger partial charge >= 0.3 is 23.9 Å². The smallest absolute Gasteiger partial charge is 0.336 e. The normalized spacial score (nSPS) is 11.3. The van der Waals surface area contributed by atoms with Crippen molar-refractivity contribution in [2.45, 2.75) is 18.7 Å². The molecule has 63 heavy (non-hydrogen) atoms. The maximum Gasteiger partial charge on any atom is 0.336 e. The highest BCUT2D eigenvalue weighted by molar-refractivity contribution is 7.94. The Labute approximate surface area is 353 Å². The molecule has 2 aromatic carbocycles. The molecular formula is C34H23N19O9S. The van der Waals surface area contributed by atoms with E-state index in [9.17, 15) is 40.1 Å². The molecule has 0 bridgehead atoms. The summed E-state index contributed by atoms with van der Waals surface area (Å²) in [6.45, 7) is 10.6. The zero-order chi connectivity index (χ0) is 45.3. The van der Waals surface area contributed by atoms with Crippen LogP contribution in [0.3, 0.4) is 0 Å². The summed E-state index contributed by atoms with van der Waals surface area (Å²) in [4.78, 5) is 50.6. The molecule has 0 unspecified atom stereocenters. The van der Waals surface area contributed by atoms with Crippen molar-refractivity contribution >= 4 is 70.3 Å². The van der Waals surface area contributed by atoms with Crippen molar-refractivity contribution in [2.24, 2.45) is 20.5 Å². The summed E-state index contributed by atoms with van der Waals surface area (Å²) in [6, 6.07) is 8.46. The van der Waals surface area contributed by atoms with Gasteiger partial charge in [-0.15, -0.1) is 20.5 Å². The van der Waals surface area contributed by atoms with Gasteiger partial charge in [0, 0.05) is 0 Å². The van der Waals surface area contributed by atoms with Gasteiger partial charge in [-0.25, -0.2) is 33.8 Å². The number of aromatic carboxylic acids is 3. The van der Waals surface area contributed by atoms with Crippen molar-refractivity contribution < 1.29 is 44.4 Å². The van der Waals surface area contributed by atoms with Crippen molar-refractivity contribution in [1.82, 2.24) is 54.1 Å². The van der Waals surface area contributed by atoms with E-state index in [4.69, 9.17) is 23.3 Å². The van der Waals surface area contributed by atoms with Crippen molar-refractivity contribution in [2.75, 3.05) is 11.5 Å². The van der Waals surface area contributed by atoms with Crippen molar-refractivity contribution in [1.29, 1.82) is 5.26 Å². The number of aromatic nitrogens is 11. The van der Waals surface area contributed by atoms with Crippen LogP contribution < -0.4 is 11.5 Å². The number of anilines is 2. The molecule has 7 rings (SSSR count). The van der Waals surface area contributed by atoms with Gasteiger partial charge in [0.2, 0.25) is 0 Å². The number of aryl methyl sites for hydroxylation is 2. The second kappa shape index (κ2) is 16.7. The number of carboxylic acid groups (broad SMARTS) is 3. The Morgan fingerprint density at radius 3 is 1.83 bits per heavy atom. The summed E-state index contributed by atoms with van der Waals surface area (Å²) in [5.41, 5.74) is 12.0. The highest BCUT2D eigenvalue weighted by Gasteiger charge is 2.24. The molecule has 28 nitrogen and oxygen atoms in total. The van der Waals surface area contributed by atoms with E-state index in [0.717, 1.165) is 32.4 Å². The number of rotatable bonds is 13. The van der Waals surface area contributed by atoms with Crippen LogP contribution in [0.15, 0.2) is 74.1 Å². The minimum absolute atomic E-state index is 0.00902. The Bertz CT molecular complexity index is 3190. The van der Waals surface area contributed by atoms with Gasteiger partial charge in [0.15, 0.2) is 34.6 Å². The van der Waals surface area contributed by atoms with Crippen molar-refractivity contribution in [3.8, 4) is 35.4 Å². The molecule has 9 N–H and O–H groups in total. The molecule has 0 saturated carbocycles. The lowest BCUT2D eigenvalue weighted by Crippen LogP contribution is -2.13. The maximum atomic E-state index is 11.8.